The maximum absolute atomic E-state index is 10.7. The molecule has 0 aromatic rings. The highest BCUT2D eigenvalue weighted by Gasteiger charge is 2.33. The van der Waals surface area contributed by atoms with E-state index in [1.54, 1.807) is 0 Å². The van der Waals surface area contributed by atoms with Gasteiger partial charge in [-0.15, -0.1) is 11.6 Å². The van der Waals surface area contributed by atoms with Crippen molar-refractivity contribution < 1.29 is 9.53 Å². The summed E-state index contributed by atoms with van der Waals surface area (Å²) in [5.74, 6) is 4.08. The quantitative estimate of drug-likeness (QED) is 0.366. The first-order valence-corrected chi connectivity index (χ1v) is 10.9. The van der Waals surface area contributed by atoms with Crippen LogP contribution < -0.4 is 0 Å². The molecule has 0 aliphatic heterocycles. The number of ether oxygens (including phenoxy) is 1. The van der Waals surface area contributed by atoms with Crippen LogP contribution in [0, 0.1) is 35.5 Å². The fraction of sp³-hybridized carbons (Fsp3) is 0.952. The Hall–Kier alpha value is 0.0500. The molecule has 25 heavy (non-hydrogen) atoms. The van der Waals surface area contributed by atoms with E-state index in [1.807, 2.05) is 0 Å². The Morgan fingerprint density at radius 3 is 1.80 bits per heavy atom. The fourth-order valence-electron chi connectivity index (χ4n) is 4.46. The zero-order valence-corrected chi connectivity index (χ0v) is 18.4. The largest absolute Gasteiger partial charge is 0.450 e. The molecule has 148 valence electrons. The molecule has 3 unspecified atom stereocenters. The maximum Gasteiger partial charge on any atom is 0.404 e. The lowest BCUT2D eigenvalue weighted by Crippen LogP contribution is -2.34. The molecule has 2 aliphatic carbocycles. The van der Waals surface area contributed by atoms with Crippen LogP contribution in [0.25, 0.3) is 0 Å². The van der Waals surface area contributed by atoms with Crippen LogP contribution in [-0.2, 0) is 4.74 Å². The molecule has 2 fully saturated rings. The highest BCUT2D eigenvalue weighted by Crippen LogP contribution is 2.37. The molecule has 2 saturated carbocycles. The van der Waals surface area contributed by atoms with Crippen molar-refractivity contribution >= 4 is 28.6 Å². The monoisotopic (exact) mass is 392 g/mol. The molecule has 0 bridgehead atoms. The van der Waals surface area contributed by atoms with Crippen LogP contribution in [0.3, 0.4) is 0 Å². The number of rotatable bonds is 3. The zero-order valence-electron chi connectivity index (χ0n) is 16.9. The lowest BCUT2D eigenvalue weighted by Gasteiger charge is -2.36. The molecule has 2 aliphatic rings. The summed E-state index contributed by atoms with van der Waals surface area (Å²) in [4.78, 5) is 10.7. The van der Waals surface area contributed by atoms with Gasteiger partial charge in [0.15, 0.2) is 0 Å². The number of carbonyl (C=O) groups is 1. The summed E-state index contributed by atoms with van der Waals surface area (Å²) < 4.78 is 5.16. The van der Waals surface area contributed by atoms with Gasteiger partial charge in [0.2, 0.25) is 0 Å². The Kier molecular flexibility index (Phi) is 10.2. The van der Waals surface area contributed by atoms with Gasteiger partial charge >= 0.3 is 5.43 Å². The average molecular weight is 393 g/mol. The molecule has 0 saturated heterocycles. The minimum Gasteiger partial charge on any atom is -0.450 e. The Balaban J connectivity index is 0.000000257. The Bertz CT molecular complexity index is 397. The van der Waals surface area contributed by atoms with Crippen molar-refractivity contribution in [2.45, 2.75) is 91.5 Å². The molecule has 4 heteroatoms. The molecular formula is C21H38Cl2O2. The van der Waals surface area contributed by atoms with Gasteiger partial charge in [0.1, 0.15) is 6.10 Å². The van der Waals surface area contributed by atoms with Crippen molar-refractivity contribution in [1.82, 2.24) is 0 Å². The van der Waals surface area contributed by atoms with Gasteiger partial charge in [-0.3, -0.25) is 0 Å². The number of halogens is 2. The molecule has 2 rings (SSSR count). The van der Waals surface area contributed by atoms with E-state index in [4.69, 9.17) is 27.9 Å². The summed E-state index contributed by atoms with van der Waals surface area (Å²) in [7, 11) is 0. The predicted octanol–water partition coefficient (Wildman–Crippen LogP) is 7.51. The smallest absolute Gasteiger partial charge is 0.404 e. The molecule has 6 atom stereocenters. The van der Waals surface area contributed by atoms with E-state index in [9.17, 15) is 4.79 Å². The molecule has 0 heterocycles. The van der Waals surface area contributed by atoms with Gasteiger partial charge in [0.25, 0.3) is 0 Å². The first-order valence-electron chi connectivity index (χ1n) is 10.1. The second kappa shape index (κ2) is 11.0. The number of carbonyl (C=O) groups excluding carboxylic acids is 1. The van der Waals surface area contributed by atoms with E-state index in [0.29, 0.717) is 23.1 Å². The Morgan fingerprint density at radius 2 is 1.36 bits per heavy atom. The second-order valence-corrected chi connectivity index (χ2v) is 9.93. The lowest BCUT2D eigenvalue weighted by molar-refractivity contribution is 0.0178. The van der Waals surface area contributed by atoms with Gasteiger partial charge in [-0.05, 0) is 61.2 Å². The lowest BCUT2D eigenvalue weighted by atomic mass is 9.75. The van der Waals surface area contributed by atoms with E-state index in [1.165, 1.54) is 25.7 Å². The van der Waals surface area contributed by atoms with Crippen LogP contribution in [-0.4, -0.2) is 16.9 Å². The Morgan fingerprint density at radius 1 is 0.880 bits per heavy atom. The summed E-state index contributed by atoms with van der Waals surface area (Å²) in [6.45, 7) is 13.4. The topological polar surface area (TPSA) is 26.3 Å². The molecule has 2 nitrogen and oxygen atoms in total. The SMILES string of the molecule is CC(C)[C@@H]1CC[C@@H](C)C[C@H]1OC(=O)Cl.CC1CCC(C(C)C)C(Cl)C1. The minimum absolute atomic E-state index is 0.0312. The summed E-state index contributed by atoms with van der Waals surface area (Å²) in [6.07, 6.45) is 7.32. The van der Waals surface area contributed by atoms with E-state index < -0.39 is 5.43 Å². The summed E-state index contributed by atoms with van der Waals surface area (Å²) in [5, 5.41) is 0.443. The van der Waals surface area contributed by atoms with Crippen LogP contribution in [0.15, 0.2) is 0 Å². The number of hydrogen-bond acceptors (Lipinski definition) is 2. The molecule has 0 aromatic heterocycles. The van der Waals surface area contributed by atoms with Crippen LogP contribution in [0.5, 0.6) is 0 Å². The van der Waals surface area contributed by atoms with Gasteiger partial charge in [-0.2, -0.15) is 0 Å². The highest BCUT2D eigenvalue weighted by atomic mass is 35.5. The molecule has 0 amide bonds. The van der Waals surface area contributed by atoms with E-state index in [2.05, 4.69) is 41.5 Å². The standard InChI is InChI=1S/C11H19ClO2.C10H19Cl/c1-7(2)9-5-4-8(3)6-10(9)14-11(12)13;1-7(2)9-5-4-8(3)6-10(9)11/h7-10H,4-6H2,1-3H3;7-10H,4-6H2,1-3H3/t8-,9+,10-;/m1./s1. The highest BCUT2D eigenvalue weighted by molar-refractivity contribution is 6.61. The first kappa shape index (κ1) is 23.1. The van der Waals surface area contributed by atoms with Gasteiger partial charge in [0, 0.05) is 17.0 Å². The van der Waals surface area contributed by atoms with E-state index in [0.717, 1.165) is 30.6 Å². The van der Waals surface area contributed by atoms with Crippen LogP contribution in [0.1, 0.15) is 80.1 Å². The molecule has 0 N–H and O–H groups in total. The average Bonchev–Trinajstić information content (AvgIpc) is 2.46. The normalized spacial score (nSPS) is 35.9. The van der Waals surface area contributed by atoms with E-state index >= 15 is 0 Å². The molecular weight excluding hydrogens is 355 g/mol. The van der Waals surface area contributed by atoms with Crippen LogP contribution in [0.2, 0.25) is 0 Å². The third-order valence-electron chi connectivity index (χ3n) is 6.15. The van der Waals surface area contributed by atoms with Gasteiger partial charge in [-0.25, -0.2) is 4.79 Å². The van der Waals surface area contributed by atoms with Crippen LogP contribution in [0.4, 0.5) is 4.79 Å². The van der Waals surface area contributed by atoms with Crippen molar-refractivity contribution in [3.63, 3.8) is 0 Å². The van der Waals surface area contributed by atoms with Crippen molar-refractivity contribution in [1.29, 1.82) is 0 Å². The minimum atomic E-state index is -0.658. The second-order valence-electron chi connectivity index (χ2n) is 9.06. The van der Waals surface area contributed by atoms with E-state index in [-0.39, 0.29) is 6.10 Å². The summed E-state index contributed by atoms with van der Waals surface area (Å²) >= 11 is 11.5. The number of hydrogen-bond donors (Lipinski definition) is 0. The predicted molar refractivity (Wildman–Crippen MR) is 108 cm³/mol. The van der Waals surface area contributed by atoms with Gasteiger partial charge in [0.05, 0.1) is 0 Å². The summed E-state index contributed by atoms with van der Waals surface area (Å²) in [5.41, 5.74) is -0.658. The number of alkyl halides is 1. The van der Waals surface area contributed by atoms with Gasteiger partial charge < -0.3 is 4.74 Å². The van der Waals surface area contributed by atoms with Gasteiger partial charge in [-0.1, -0.05) is 54.4 Å². The molecule has 0 spiro atoms. The zero-order chi connectivity index (χ0) is 19.1. The Labute approximate surface area is 165 Å². The van der Waals surface area contributed by atoms with Crippen molar-refractivity contribution in [3.8, 4) is 0 Å². The van der Waals surface area contributed by atoms with Crippen molar-refractivity contribution in [2.75, 3.05) is 0 Å². The first-order chi connectivity index (χ1) is 11.6. The third kappa shape index (κ3) is 8.08. The third-order valence-corrected chi connectivity index (χ3v) is 6.74. The van der Waals surface area contributed by atoms with Crippen molar-refractivity contribution in [2.24, 2.45) is 35.5 Å². The summed E-state index contributed by atoms with van der Waals surface area (Å²) in [6, 6.07) is 0. The maximum atomic E-state index is 10.7. The fourth-order valence-corrected chi connectivity index (χ4v) is 5.29. The molecule has 0 aromatic carbocycles. The van der Waals surface area contributed by atoms with Crippen LogP contribution >= 0.6 is 23.2 Å². The van der Waals surface area contributed by atoms with Crippen molar-refractivity contribution in [3.05, 3.63) is 0 Å². The molecule has 0 radical (unpaired) electrons.